The van der Waals surface area contributed by atoms with Crippen LogP contribution in [-0.2, 0) is 28.0 Å². The van der Waals surface area contributed by atoms with Gasteiger partial charge < -0.3 is 10.1 Å². The number of nitrogens with one attached hydrogen (secondary N) is 1. The quantitative estimate of drug-likeness (QED) is 0.807. The number of amides is 1. The van der Waals surface area contributed by atoms with E-state index in [1.807, 2.05) is 18.2 Å². The van der Waals surface area contributed by atoms with Crippen LogP contribution in [0.25, 0.3) is 0 Å². The maximum Gasteiger partial charge on any atom is 0.231 e. The molecule has 0 radical (unpaired) electrons. The van der Waals surface area contributed by atoms with Crippen molar-refractivity contribution in [3.8, 4) is 0 Å². The molecule has 2 heterocycles. The molecule has 2 aromatic carbocycles. The number of hydrogen-bond acceptors (Lipinski definition) is 3. The van der Waals surface area contributed by atoms with E-state index in [9.17, 15) is 4.79 Å². The van der Waals surface area contributed by atoms with Gasteiger partial charge in [-0.25, -0.2) is 0 Å². The molecule has 4 heteroatoms. The predicted molar refractivity (Wildman–Crippen MR) is 116 cm³/mol. The number of rotatable bonds is 6. The van der Waals surface area contributed by atoms with E-state index >= 15 is 0 Å². The zero-order chi connectivity index (χ0) is 19.9. The standard InChI is InChI=1S/C25H32N2O2/c28-24(25(13-17-29-18-14-25)23-7-3-1-4-8-23)26-19-21-9-11-22(12-10-21)20-27-15-5-2-6-16-27/h1,3-4,7-12H,2,5-6,13-20H2,(H,26,28). The molecule has 4 rings (SSSR count). The van der Waals surface area contributed by atoms with Gasteiger partial charge in [0.2, 0.25) is 5.91 Å². The van der Waals surface area contributed by atoms with Gasteiger partial charge in [-0.2, -0.15) is 0 Å². The van der Waals surface area contributed by atoms with Crippen molar-refractivity contribution in [1.82, 2.24) is 10.2 Å². The Morgan fingerprint density at radius 1 is 0.897 bits per heavy atom. The molecule has 2 aromatic rings. The van der Waals surface area contributed by atoms with Crippen LogP contribution < -0.4 is 5.32 Å². The topological polar surface area (TPSA) is 41.6 Å². The lowest BCUT2D eigenvalue weighted by molar-refractivity contribution is -0.130. The van der Waals surface area contributed by atoms with E-state index in [0.717, 1.165) is 30.5 Å². The Morgan fingerprint density at radius 2 is 1.55 bits per heavy atom. The largest absolute Gasteiger partial charge is 0.381 e. The maximum absolute atomic E-state index is 13.3. The lowest BCUT2D eigenvalue weighted by atomic mass is 9.73. The van der Waals surface area contributed by atoms with E-state index in [4.69, 9.17) is 4.74 Å². The van der Waals surface area contributed by atoms with Gasteiger partial charge in [-0.15, -0.1) is 0 Å². The summed E-state index contributed by atoms with van der Waals surface area (Å²) in [6, 6.07) is 18.9. The van der Waals surface area contributed by atoms with Crippen molar-refractivity contribution >= 4 is 5.91 Å². The van der Waals surface area contributed by atoms with E-state index < -0.39 is 5.41 Å². The third-order valence-electron chi connectivity index (χ3n) is 6.44. The first-order chi connectivity index (χ1) is 14.3. The van der Waals surface area contributed by atoms with Crippen molar-refractivity contribution in [2.24, 2.45) is 0 Å². The van der Waals surface area contributed by atoms with E-state index in [2.05, 4.69) is 46.6 Å². The highest BCUT2D eigenvalue weighted by atomic mass is 16.5. The molecule has 0 bridgehead atoms. The normalized spacial score (nSPS) is 19.6. The van der Waals surface area contributed by atoms with Crippen LogP contribution in [0.2, 0.25) is 0 Å². The van der Waals surface area contributed by atoms with E-state index in [-0.39, 0.29) is 5.91 Å². The van der Waals surface area contributed by atoms with Crippen molar-refractivity contribution in [2.45, 2.75) is 50.6 Å². The Hall–Kier alpha value is -2.17. The summed E-state index contributed by atoms with van der Waals surface area (Å²) < 4.78 is 5.55. The first-order valence-corrected chi connectivity index (χ1v) is 11.0. The summed E-state index contributed by atoms with van der Waals surface area (Å²) in [5.41, 5.74) is 3.12. The fourth-order valence-electron chi connectivity index (χ4n) is 4.61. The third kappa shape index (κ3) is 4.88. The Labute approximate surface area is 174 Å². The Kier molecular flexibility index (Phi) is 6.63. The molecule has 0 aromatic heterocycles. The van der Waals surface area contributed by atoms with Crippen molar-refractivity contribution in [2.75, 3.05) is 26.3 Å². The summed E-state index contributed by atoms with van der Waals surface area (Å²) in [5, 5.41) is 3.20. The minimum Gasteiger partial charge on any atom is -0.381 e. The van der Waals surface area contributed by atoms with Gasteiger partial charge in [0.05, 0.1) is 5.41 Å². The highest BCUT2D eigenvalue weighted by Crippen LogP contribution is 2.35. The van der Waals surface area contributed by atoms with Crippen LogP contribution in [-0.4, -0.2) is 37.1 Å². The fourth-order valence-corrected chi connectivity index (χ4v) is 4.61. The molecular formula is C25H32N2O2. The second kappa shape index (κ2) is 9.55. The van der Waals surface area contributed by atoms with Crippen LogP contribution in [0, 0.1) is 0 Å². The van der Waals surface area contributed by atoms with Crippen molar-refractivity contribution in [3.63, 3.8) is 0 Å². The molecule has 0 spiro atoms. The molecule has 0 atom stereocenters. The summed E-state index contributed by atoms with van der Waals surface area (Å²) in [6.45, 7) is 5.29. The molecule has 2 aliphatic rings. The summed E-state index contributed by atoms with van der Waals surface area (Å²) in [5.74, 6) is 0.115. The molecule has 1 N–H and O–H groups in total. The van der Waals surface area contributed by atoms with Gasteiger partial charge in [0.1, 0.15) is 0 Å². The highest BCUT2D eigenvalue weighted by molar-refractivity contribution is 5.88. The van der Waals surface area contributed by atoms with Gasteiger partial charge in [0.25, 0.3) is 0 Å². The van der Waals surface area contributed by atoms with Crippen LogP contribution in [0.4, 0.5) is 0 Å². The number of carbonyl (C=O) groups is 1. The summed E-state index contributed by atoms with van der Waals surface area (Å²) >= 11 is 0. The second-order valence-corrected chi connectivity index (χ2v) is 8.40. The number of benzene rings is 2. The molecule has 2 saturated heterocycles. The molecule has 154 valence electrons. The number of hydrogen-bond donors (Lipinski definition) is 1. The summed E-state index contributed by atoms with van der Waals surface area (Å²) in [6.07, 6.45) is 5.47. The summed E-state index contributed by atoms with van der Waals surface area (Å²) in [7, 11) is 0. The molecular weight excluding hydrogens is 360 g/mol. The van der Waals surface area contributed by atoms with Gasteiger partial charge in [0, 0.05) is 26.3 Å². The number of likely N-dealkylation sites (tertiary alicyclic amines) is 1. The minimum atomic E-state index is -0.478. The Balaban J connectivity index is 1.37. The average Bonchev–Trinajstić information content (AvgIpc) is 2.80. The highest BCUT2D eigenvalue weighted by Gasteiger charge is 2.41. The fraction of sp³-hybridized carbons (Fsp3) is 0.480. The Morgan fingerprint density at radius 3 is 2.24 bits per heavy atom. The third-order valence-corrected chi connectivity index (χ3v) is 6.44. The molecule has 4 nitrogen and oxygen atoms in total. The van der Waals surface area contributed by atoms with Gasteiger partial charge in [-0.1, -0.05) is 61.0 Å². The molecule has 0 unspecified atom stereocenters. The number of ether oxygens (including phenoxy) is 1. The van der Waals surface area contributed by atoms with Crippen molar-refractivity contribution in [3.05, 3.63) is 71.3 Å². The maximum atomic E-state index is 13.3. The Bertz CT molecular complexity index is 776. The summed E-state index contributed by atoms with van der Waals surface area (Å²) in [4.78, 5) is 15.8. The minimum absolute atomic E-state index is 0.115. The second-order valence-electron chi connectivity index (χ2n) is 8.40. The SMILES string of the molecule is O=C(NCc1ccc(CN2CCCCC2)cc1)C1(c2ccccc2)CCOCC1. The van der Waals surface area contributed by atoms with Crippen LogP contribution in [0.3, 0.4) is 0 Å². The molecule has 0 aliphatic carbocycles. The first-order valence-electron chi connectivity index (χ1n) is 11.0. The van der Waals surface area contributed by atoms with Crippen LogP contribution in [0.15, 0.2) is 54.6 Å². The number of carbonyl (C=O) groups excluding carboxylic acids is 1. The first kappa shape index (κ1) is 20.1. The zero-order valence-corrected chi connectivity index (χ0v) is 17.2. The smallest absolute Gasteiger partial charge is 0.231 e. The molecule has 2 fully saturated rings. The van der Waals surface area contributed by atoms with E-state index in [0.29, 0.717) is 19.8 Å². The van der Waals surface area contributed by atoms with E-state index in [1.165, 1.54) is 37.9 Å². The monoisotopic (exact) mass is 392 g/mol. The molecule has 0 saturated carbocycles. The van der Waals surface area contributed by atoms with Crippen LogP contribution in [0.5, 0.6) is 0 Å². The average molecular weight is 393 g/mol. The number of piperidine rings is 1. The van der Waals surface area contributed by atoms with Gasteiger partial charge in [0.15, 0.2) is 0 Å². The van der Waals surface area contributed by atoms with Gasteiger partial charge in [-0.05, 0) is 55.5 Å². The lowest BCUT2D eigenvalue weighted by Gasteiger charge is -2.36. The zero-order valence-electron chi connectivity index (χ0n) is 17.2. The predicted octanol–water partition coefficient (Wildman–Crippen LogP) is 4.04. The lowest BCUT2D eigenvalue weighted by Crippen LogP contribution is -2.47. The molecule has 1 amide bonds. The van der Waals surface area contributed by atoms with E-state index in [1.54, 1.807) is 0 Å². The molecule has 2 aliphatic heterocycles. The number of nitrogens with zero attached hydrogens (tertiary/aromatic N) is 1. The van der Waals surface area contributed by atoms with Gasteiger partial charge >= 0.3 is 0 Å². The van der Waals surface area contributed by atoms with Crippen molar-refractivity contribution in [1.29, 1.82) is 0 Å². The van der Waals surface area contributed by atoms with Crippen LogP contribution in [0.1, 0.15) is 48.8 Å². The van der Waals surface area contributed by atoms with Gasteiger partial charge in [-0.3, -0.25) is 9.69 Å². The van der Waals surface area contributed by atoms with Crippen LogP contribution >= 0.6 is 0 Å². The molecule has 29 heavy (non-hydrogen) atoms. The van der Waals surface area contributed by atoms with Crippen molar-refractivity contribution < 1.29 is 9.53 Å².